The molecule has 2 heterocycles. The van der Waals surface area contributed by atoms with Crippen molar-refractivity contribution in [1.29, 1.82) is 0 Å². The number of carbonyl (C=O) groups is 1. The van der Waals surface area contributed by atoms with Crippen LogP contribution in [0.15, 0.2) is 47.4 Å². The van der Waals surface area contributed by atoms with Gasteiger partial charge < -0.3 is 23.9 Å². The number of hydrogen-bond acceptors (Lipinski definition) is 7. The molecule has 3 aromatic carbocycles. The van der Waals surface area contributed by atoms with Crippen molar-refractivity contribution in [3.63, 3.8) is 0 Å². The molecule has 0 aliphatic carbocycles. The highest BCUT2D eigenvalue weighted by Crippen LogP contribution is 2.43. The maximum atomic E-state index is 13.8. The average Bonchev–Trinajstić information content (AvgIpc) is 3.43. The van der Waals surface area contributed by atoms with Crippen molar-refractivity contribution >= 4 is 51.9 Å². The zero-order valence-electron chi connectivity index (χ0n) is 25.2. The number of rotatable bonds is 10. The van der Waals surface area contributed by atoms with Gasteiger partial charge >= 0.3 is 12.1 Å². The number of carbonyl (C=O) groups excluding carboxylic acids is 1. The van der Waals surface area contributed by atoms with E-state index in [4.69, 9.17) is 25.8 Å². The van der Waals surface area contributed by atoms with E-state index < -0.39 is 25.0 Å². The van der Waals surface area contributed by atoms with E-state index in [1.807, 2.05) is 0 Å². The molecule has 0 aliphatic rings. The SMILES string of the molecule is COC(=O)c1c(C)c2c(-c3c(COC(O)C(F)(F)F)nn(C)c3C)c(Cl)ccc2n1CCCOc1cc(S)cc2cc(F)ccc12. The van der Waals surface area contributed by atoms with E-state index in [1.54, 1.807) is 55.8 Å². The molecule has 5 rings (SSSR count). The van der Waals surface area contributed by atoms with Crippen LogP contribution < -0.4 is 4.74 Å². The molecule has 5 aromatic rings. The van der Waals surface area contributed by atoms with Crippen LogP contribution in [-0.2, 0) is 29.7 Å². The third-order valence-corrected chi connectivity index (χ3v) is 8.33. The van der Waals surface area contributed by atoms with Gasteiger partial charge in [0.05, 0.1) is 26.0 Å². The molecule has 2 aromatic heterocycles. The summed E-state index contributed by atoms with van der Waals surface area (Å²) in [5.74, 6) is -0.426. The van der Waals surface area contributed by atoms with Crippen LogP contribution in [0.5, 0.6) is 5.75 Å². The lowest BCUT2D eigenvalue weighted by molar-refractivity contribution is -0.297. The van der Waals surface area contributed by atoms with Crippen LogP contribution in [0, 0.1) is 19.7 Å². The van der Waals surface area contributed by atoms with Crippen molar-refractivity contribution in [1.82, 2.24) is 14.3 Å². The maximum Gasteiger partial charge on any atom is 0.439 e. The van der Waals surface area contributed by atoms with Gasteiger partial charge in [0.2, 0.25) is 0 Å². The van der Waals surface area contributed by atoms with Gasteiger partial charge in [0.1, 0.15) is 17.3 Å². The van der Waals surface area contributed by atoms with Crippen molar-refractivity contribution < 1.29 is 41.7 Å². The van der Waals surface area contributed by atoms with Gasteiger partial charge in [-0.2, -0.15) is 18.3 Å². The van der Waals surface area contributed by atoms with E-state index in [2.05, 4.69) is 17.7 Å². The monoisotopic (exact) mass is 679 g/mol. The zero-order chi connectivity index (χ0) is 33.5. The van der Waals surface area contributed by atoms with E-state index in [0.717, 1.165) is 5.39 Å². The predicted octanol–water partition coefficient (Wildman–Crippen LogP) is 7.55. The van der Waals surface area contributed by atoms with Crippen LogP contribution in [0.25, 0.3) is 32.8 Å². The summed E-state index contributed by atoms with van der Waals surface area (Å²) in [6.45, 7) is 3.38. The first-order valence-corrected chi connectivity index (χ1v) is 14.9. The summed E-state index contributed by atoms with van der Waals surface area (Å²) in [6.07, 6.45) is -7.53. The van der Waals surface area contributed by atoms with Crippen LogP contribution in [0.2, 0.25) is 5.02 Å². The fourth-order valence-corrected chi connectivity index (χ4v) is 6.13. The highest BCUT2D eigenvalue weighted by atomic mass is 35.5. The first-order chi connectivity index (χ1) is 21.7. The molecule has 1 unspecified atom stereocenters. The molecule has 8 nitrogen and oxygen atoms in total. The molecule has 0 fully saturated rings. The van der Waals surface area contributed by atoms with E-state index >= 15 is 0 Å². The topological polar surface area (TPSA) is 87.7 Å². The Morgan fingerprint density at radius 2 is 1.87 bits per heavy atom. The largest absolute Gasteiger partial charge is 0.493 e. The van der Waals surface area contributed by atoms with Crippen LogP contribution in [0.3, 0.4) is 0 Å². The Morgan fingerprint density at radius 1 is 1.13 bits per heavy atom. The molecular formula is C32H30ClF4N3O5S. The molecule has 14 heteroatoms. The number of halogens is 5. The van der Waals surface area contributed by atoms with Crippen molar-refractivity contribution in [2.75, 3.05) is 13.7 Å². The molecule has 0 spiro atoms. The number of thiol groups is 1. The standard InChI is InChI=1S/C32H30ClF4N3O5S/c1-16-26-24(9-8-22(33)28(26)27-17(2)39(3)38-23(27)15-45-31(42)32(35,36)37)40(29(16)30(41)43-4)10-5-11-44-25-14-20(46)13-18-12-19(34)6-7-21(18)25/h6-9,12-14,31,42,46H,5,10-11,15H2,1-4H3. The molecule has 0 saturated heterocycles. The van der Waals surface area contributed by atoms with E-state index in [0.29, 0.717) is 62.3 Å². The zero-order valence-corrected chi connectivity index (χ0v) is 26.9. The Balaban J connectivity index is 1.52. The fourth-order valence-electron chi connectivity index (χ4n) is 5.62. The lowest BCUT2D eigenvalue weighted by Crippen LogP contribution is -2.31. The molecule has 244 valence electrons. The van der Waals surface area contributed by atoms with Gasteiger partial charge in [-0.15, -0.1) is 12.6 Å². The number of aromatic nitrogens is 3. The smallest absolute Gasteiger partial charge is 0.439 e. The number of aliphatic hydroxyl groups excluding tert-OH is 1. The van der Waals surface area contributed by atoms with Gasteiger partial charge in [0.15, 0.2) is 0 Å². The molecule has 46 heavy (non-hydrogen) atoms. The summed E-state index contributed by atoms with van der Waals surface area (Å²) in [5.41, 5.74) is 3.01. The van der Waals surface area contributed by atoms with Gasteiger partial charge in [-0.05, 0) is 73.7 Å². The summed E-state index contributed by atoms with van der Waals surface area (Å²) < 4.78 is 71.9. The number of esters is 1. The summed E-state index contributed by atoms with van der Waals surface area (Å²) in [5, 5.41) is 16.0. The number of hydrogen-bond donors (Lipinski definition) is 2. The molecule has 0 amide bonds. The Morgan fingerprint density at radius 3 is 2.57 bits per heavy atom. The van der Waals surface area contributed by atoms with Crippen LogP contribution >= 0.6 is 24.2 Å². The predicted molar refractivity (Wildman–Crippen MR) is 168 cm³/mol. The van der Waals surface area contributed by atoms with Gasteiger partial charge in [-0.1, -0.05) is 11.6 Å². The third-order valence-electron chi connectivity index (χ3n) is 7.76. The lowest BCUT2D eigenvalue weighted by atomic mass is 9.97. The Hall–Kier alpha value is -3.78. The van der Waals surface area contributed by atoms with Crippen LogP contribution in [-0.4, -0.2) is 51.6 Å². The Kier molecular flexibility index (Phi) is 9.60. The number of fused-ring (bicyclic) bond motifs is 2. The van der Waals surface area contributed by atoms with Crippen molar-refractivity contribution in [2.24, 2.45) is 7.05 Å². The second-order valence-corrected chi connectivity index (χ2v) is 11.6. The quantitative estimate of drug-likeness (QED) is 0.0521. The summed E-state index contributed by atoms with van der Waals surface area (Å²) in [6, 6.07) is 11.3. The molecule has 1 N–H and O–H groups in total. The first-order valence-electron chi connectivity index (χ1n) is 14.1. The molecule has 0 aliphatic heterocycles. The van der Waals surface area contributed by atoms with Crippen molar-refractivity contribution in [2.45, 2.75) is 50.8 Å². The maximum absolute atomic E-state index is 13.8. The number of methoxy groups -OCH3 is 1. The van der Waals surface area contributed by atoms with Crippen LogP contribution in [0.4, 0.5) is 17.6 Å². The van der Waals surface area contributed by atoms with Gasteiger partial charge in [-0.3, -0.25) is 4.68 Å². The number of aliphatic hydroxyl groups is 1. The molecule has 1 atom stereocenters. The minimum Gasteiger partial charge on any atom is -0.493 e. The Labute approximate surface area is 271 Å². The number of nitrogens with zero attached hydrogens (tertiary/aromatic N) is 3. The lowest BCUT2D eigenvalue weighted by Gasteiger charge is -2.15. The van der Waals surface area contributed by atoms with Gasteiger partial charge in [0, 0.05) is 56.6 Å². The number of benzene rings is 3. The number of alkyl halides is 3. The van der Waals surface area contributed by atoms with Crippen molar-refractivity contribution in [3.8, 4) is 16.9 Å². The van der Waals surface area contributed by atoms with E-state index in [-0.39, 0.29) is 28.8 Å². The van der Waals surface area contributed by atoms with Gasteiger partial charge in [-0.25, -0.2) is 9.18 Å². The van der Waals surface area contributed by atoms with E-state index in [9.17, 15) is 27.5 Å². The molecule has 0 radical (unpaired) electrons. The Bertz CT molecular complexity index is 1950. The minimum atomic E-state index is -4.98. The molecular weight excluding hydrogens is 650 g/mol. The average molecular weight is 680 g/mol. The van der Waals surface area contributed by atoms with Crippen molar-refractivity contribution in [3.05, 3.63) is 75.9 Å². The van der Waals surface area contributed by atoms with Gasteiger partial charge in [0.25, 0.3) is 6.29 Å². The fraction of sp³-hybridized carbons (Fsp3) is 0.312. The third kappa shape index (κ3) is 6.41. The highest BCUT2D eigenvalue weighted by molar-refractivity contribution is 7.80. The number of aryl methyl sites for hydroxylation is 3. The number of ether oxygens (including phenoxy) is 3. The summed E-state index contributed by atoms with van der Waals surface area (Å²) in [7, 11) is 2.89. The minimum absolute atomic E-state index is 0.122. The second kappa shape index (κ2) is 13.1. The second-order valence-electron chi connectivity index (χ2n) is 10.7. The molecule has 0 bridgehead atoms. The normalized spacial score (nSPS) is 12.7. The molecule has 0 saturated carbocycles. The van der Waals surface area contributed by atoms with Crippen LogP contribution in [0.1, 0.15) is 33.9 Å². The van der Waals surface area contributed by atoms with E-state index in [1.165, 1.54) is 23.9 Å². The summed E-state index contributed by atoms with van der Waals surface area (Å²) in [4.78, 5) is 13.7. The first kappa shape index (κ1) is 33.6. The summed E-state index contributed by atoms with van der Waals surface area (Å²) >= 11 is 11.2. The highest BCUT2D eigenvalue weighted by Gasteiger charge is 2.40.